The predicted molar refractivity (Wildman–Crippen MR) is 63.5 cm³/mol. The summed E-state index contributed by atoms with van der Waals surface area (Å²) < 4.78 is 5.47. The van der Waals surface area contributed by atoms with Gasteiger partial charge in [-0.15, -0.1) is 6.58 Å². The van der Waals surface area contributed by atoms with Gasteiger partial charge in [-0.2, -0.15) is 0 Å². The molecule has 2 rings (SSSR count). The van der Waals surface area contributed by atoms with Crippen molar-refractivity contribution in [1.29, 1.82) is 0 Å². The van der Waals surface area contributed by atoms with Crippen molar-refractivity contribution in [2.24, 2.45) is 4.99 Å². The molecule has 16 heavy (non-hydrogen) atoms. The molecule has 1 heterocycles. The first kappa shape index (κ1) is 10.9. The van der Waals surface area contributed by atoms with Gasteiger partial charge in [-0.05, 0) is 18.6 Å². The van der Waals surface area contributed by atoms with E-state index in [4.69, 9.17) is 4.74 Å². The highest BCUT2D eigenvalue weighted by atomic mass is 16.5. The second-order valence-electron chi connectivity index (χ2n) is 3.77. The summed E-state index contributed by atoms with van der Waals surface area (Å²) >= 11 is 0. The highest BCUT2D eigenvalue weighted by Crippen LogP contribution is 2.15. The zero-order valence-electron chi connectivity index (χ0n) is 9.04. The van der Waals surface area contributed by atoms with Gasteiger partial charge in [0.05, 0.1) is 6.10 Å². The van der Waals surface area contributed by atoms with Gasteiger partial charge >= 0.3 is 0 Å². The second kappa shape index (κ2) is 4.94. The van der Waals surface area contributed by atoms with Gasteiger partial charge in [0.15, 0.2) is 0 Å². The summed E-state index contributed by atoms with van der Waals surface area (Å²) in [6.45, 7) is 4.04. The summed E-state index contributed by atoms with van der Waals surface area (Å²) in [4.78, 5) is 4.37. The van der Waals surface area contributed by atoms with Crippen LogP contribution in [0.15, 0.2) is 48.0 Å². The molecule has 0 saturated heterocycles. The van der Waals surface area contributed by atoms with Gasteiger partial charge in [0.1, 0.15) is 12.6 Å². The van der Waals surface area contributed by atoms with E-state index < -0.39 is 6.10 Å². The lowest BCUT2D eigenvalue weighted by Gasteiger charge is -2.10. The van der Waals surface area contributed by atoms with Crippen molar-refractivity contribution >= 4 is 5.90 Å². The lowest BCUT2D eigenvalue weighted by Crippen LogP contribution is -2.24. The molecular weight excluding hydrogens is 202 g/mol. The van der Waals surface area contributed by atoms with E-state index in [9.17, 15) is 5.11 Å². The summed E-state index contributed by atoms with van der Waals surface area (Å²) in [5, 5.41) is 9.76. The third-order valence-corrected chi connectivity index (χ3v) is 2.55. The number of ether oxygens (including phenoxy) is 1. The molecule has 0 radical (unpaired) electrons. The summed E-state index contributed by atoms with van der Waals surface area (Å²) in [6, 6.07) is 9.54. The maximum atomic E-state index is 9.76. The SMILES string of the molecule is C=CC[C@@H](O)[C@@H]1COC(c2ccccc2)=N1. The minimum atomic E-state index is -0.501. The van der Waals surface area contributed by atoms with Crippen LogP contribution in [-0.4, -0.2) is 29.8 Å². The first-order chi connectivity index (χ1) is 7.81. The highest BCUT2D eigenvalue weighted by molar-refractivity contribution is 5.95. The molecule has 1 aromatic rings. The largest absolute Gasteiger partial charge is 0.475 e. The van der Waals surface area contributed by atoms with Gasteiger partial charge in [0.2, 0.25) is 5.90 Å². The van der Waals surface area contributed by atoms with Crippen LogP contribution in [0.25, 0.3) is 0 Å². The van der Waals surface area contributed by atoms with E-state index in [1.165, 1.54) is 0 Å². The number of hydrogen-bond acceptors (Lipinski definition) is 3. The summed E-state index contributed by atoms with van der Waals surface area (Å²) in [7, 11) is 0. The number of aliphatic hydroxyl groups is 1. The Morgan fingerprint density at radius 3 is 2.94 bits per heavy atom. The van der Waals surface area contributed by atoms with Crippen LogP contribution in [0.5, 0.6) is 0 Å². The van der Waals surface area contributed by atoms with Crippen LogP contribution in [0, 0.1) is 0 Å². The zero-order valence-corrected chi connectivity index (χ0v) is 9.04. The Morgan fingerprint density at radius 1 is 1.50 bits per heavy atom. The summed E-state index contributed by atoms with van der Waals surface area (Å²) in [5.41, 5.74) is 0.954. The van der Waals surface area contributed by atoms with Crippen molar-refractivity contribution in [3.05, 3.63) is 48.6 Å². The third-order valence-electron chi connectivity index (χ3n) is 2.55. The van der Waals surface area contributed by atoms with Gasteiger partial charge < -0.3 is 9.84 Å². The van der Waals surface area contributed by atoms with Gasteiger partial charge in [-0.3, -0.25) is 0 Å². The molecule has 0 saturated carbocycles. The molecule has 1 aliphatic rings. The Hall–Kier alpha value is -1.61. The fraction of sp³-hybridized carbons (Fsp3) is 0.308. The standard InChI is InChI=1S/C13H15NO2/c1-2-6-12(15)11-9-16-13(14-11)10-7-4-3-5-8-10/h2-5,7-8,11-12,15H,1,6,9H2/t11-,12+/m0/s1. The quantitative estimate of drug-likeness (QED) is 0.781. The van der Waals surface area contributed by atoms with Gasteiger partial charge in [0, 0.05) is 5.56 Å². The van der Waals surface area contributed by atoms with E-state index in [1.807, 2.05) is 30.3 Å². The molecule has 0 fully saturated rings. The van der Waals surface area contributed by atoms with Crippen LogP contribution in [0.3, 0.4) is 0 Å². The molecule has 0 aromatic heterocycles. The summed E-state index contributed by atoms with van der Waals surface area (Å²) in [6.07, 6.45) is 1.74. The fourth-order valence-corrected chi connectivity index (χ4v) is 1.65. The lowest BCUT2D eigenvalue weighted by molar-refractivity contribution is 0.131. The first-order valence-corrected chi connectivity index (χ1v) is 5.36. The lowest BCUT2D eigenvalue weighted by atomic mass is 10.1. The molecule has 3 heteroatoms. The molecule has 0 amide bonds. The Morgan fingerprint density at radius 2 is 2.25 bits per heavy atom. The average Bonchev–Trinajstić information content (AvgIpc) is 2.80. The first-order valence-electron chi connectivity index (χ1n) is 5.36. The Bertz CT molecular complexity index is 386. The van der Waals surface area contributed by atoms with E-state index in [-0.39, 0.29) is 6.04 Å². The summed E-state index contributed by atoms with van der Waals surface area (Å²) in [5.74, 6) is 0.619. The van der Waals surface area contributed by atoms with Crippen molar-refractivity contribution < 1.29 is 9.84 Å². The number of benzene rings is 1. The van der Waals surface area contributed by atoms with E-state index in [0.717, 1.165) is 5.56 Å². The molecule has 84 valence electrons. The van der Waals surface area contributed by atoms with Crippen molar-refractivity contribution in [2.75, 3.05) is 6.61 Å². The van der Waals surface area contributed by atoms with Crippen LogP contribution in [0.1, 0.15) is 12.0 Å². The van der Waals surface area contributed by atoms with Crippen molar-refractivity contribution in [3.63, 3.8) is 0 Å². The molecule has 0 bridgehead atoms. The normalized spacial score (nSPS) is 21.1. The van der Waals surface area contributed by atoms with E-state index >= 15 is 0 Å². The smallest absolute Gasteiger partial charge is 0.216 e. The highest BCUT2D eigenvalue weighted by Gasteiger charge is 2.25. The monoisotopic (exact) mass is 217 g/mol. The third kappa shape index (κ3) is 2.31. The molecule has 1 aromatic carbocycles. The number of aliphatic hydroxyl groups excluding tert-OH is 1. The number of nitrogens with zero attached hydrogens (tertiary/aromatic N) is 1. The molecule has 3 nitrogen and oxygen atoms in total. The van der Waals surface area contributed by atoms with Gasteiger partial charge in [-0.1, -0.05) is 24.3 Å². The maximum Gasteiger partial charge on any atom is 0.216 e. The Balaban J connectivity index is 2.09. The van der Waals surface area contributed by atoms with Crippen LogP contribution >= 0.6 is 0 Å². The van der Waals surface area contributed by atoms with Crippen molar-refractivity contribution in [2.45, 2.75) is 18.6 Å². The molecule has 1 aliphatic heterocycles. The van der Waals surface area contributed by atoms with Crippen molar-refractivity contribution in [1.82, 2.24) is 0 Å². The maximum absolute atomic E-state index is 9.76. The Labute approximate surface area is 95.1 Å². The van der Waals surface area contributed by atoms with Gasteiger partial charge in [-0.25, -0.2) is 4.99 Å². The second-order valence-corrected chi connectivity index (χ2v) is 3.77. The molecule has 0 aliphatic carbocycles. The number of rotatable bonds is 4. The molecule has 2 atom stereocenters. The average molecular weight is 217 g/mol. The van der Waals surface area contributed by atoms with E-state index in [1.54, 1.807) is 6.08 Å². The van der Waals surface area contributed by atoms with Crippen LogP contribution in [0.4, 0.5) is 0 Å². The number of hydrogen-bond donors (Lipinski definition) is 1. The van der Waals surface area contributed by atoms with E-state index in [0.29, 0.717) is 18.9 Å². The van der Waals surface area contributed by atoms with Gasteiger partial charge in [0.25, 0.3) is 0 Å². The molecule has 0 spiro atoms. The fourth-order valence-electron chi connectivity index (χ4n) is 1.65. The van der Waals surface area contributed by atoms with Crippen molar-refractivity contribution in [3.8, 4) is 0 Å². The molecular formula is C13H15NO2. The Kier molecular flexibility index (Phi) is 3.37. The minimum Gasteiger partial charge on any atom is -0.475 e. The number of aliphatic imine (C=N–C) groups is 1. The predicted octanol–water partition coefficient (Wildman–Crippen LogP) is 1.77. The topological polar surface area (TPSA) is 41.8 Å². The molecule has 1 N–H and O–H groups in total. The van der Waals surface area contributed by atoms with Crippen LogP contribution < -0.4 is 0 Å². The minimum absolute atomic E-state index is 0.173. The zero-order chi connectivity index (χ0) is 11.4. The van der Waals surface area contributed by atoms with Crippen LogP contribution in [0.2, 0.25) is 0 Å². The molecule has 0 unspecified atom stereocenters. The van der Waals surface area contributed by atoms with Crippen LogP contribution in [-0.2, 0) is 4.74 Å². The van der Waals surface area contributed by atoms with E-state index in [2.05, 4.69) is 11.6 Å².